The van der Waals surface area contributed by atoms with Crippen molar-refractivity contribution in [2.45, 2.75) is 20.4 Å². The zero-order chi connectivity index (χ0) is 20.4. The summed E-state index contributed by atoms with van der Waals surface area (Å²) in [4.78, 5) is 24.0. The van der Waals surface area contributed by atoms with Gasteiger partial charge in [0.25, 0.3) is 5.91 Å². The van der Waals surface area contributed by atoms with Crippen molar-refractivity contribution < 1.29 is 4.79 Å². The van der Waals surface area contributed by atoms with E-state index in [1.54, 1.807) is 41.6 Å². The molecule has 0 aliphatic carbocycles. The van der Waals surface area contributed by atoms with Crippen molar-refractivity contribution in [3.8, 4) is 6.07 Å². The summed E-state index contributed by atoms with van der Waals surface area (Å²) in [7, 11) is 0. The van der Waals surface area contributed by atoms with Crippen LogP contribution < -0.4 is 4.90 Å². The van der Waals surface area contributed by atoms with Crippen LogP contribution in [0.15, 0.2) is 60.9 Å². The quantitative estimate of drug-likeness (QED) is 0.484. The van der Waals surface area contributed by atoms with Gasteiger partial charge in [-0.2, -0.15) is 5.26 Å². The van der Waals surface area contributed by atoms with Crippen molar-refractivity contribution in [3.63, 3.8) is 0 Å². The van der Waals surface area contributed by atoms with Crippen molar-refractivity contribution in [3.05, 3.63) is 88.7 Å². The van der Waals surface area contributed by atoms with E-state index in [1.165, 1.54) is 11.3 Å². The average molecular weight is 398 g/mol. The number of benzene rings is 2. The highest BCUT2D eigenvalue weighted by Crippen LogP contribution is 2.33. The largest absolute Gasteiger partial charge is 0.279 e. The van der Waals surface area contributed by atoms with Crippen LogP contribution in [0.25, 0.3) is 10.2 Å². The number of aromatic nitrogens is 2. The molecule has 29 heavy (non-hydrogen) atoms. The molecule has 0 aliphatic rings. The highest BCUT2D eigenvalue weighted by atomic mass is 32.1. The second kappa shape index (κ2) is 7.82. The van der Waals surface area contributed by atoms with E-state index in [-0.39, 0.29) is 5.91 Å². The standard InChI is InChI=1S/C23H18N4OS/c1-15-10-16(2)21-20(11-15)26-23(29-21)27(14-18-4-3-9-25-13-18)22(28)19-7-5-17(12-24)6-8-19/h3-11,13H,14H2,1-2H3. The van der Waals surface area contributed by atoms with Gasteiger partial charge in [-0.15, -0.1) is 0 Å². The minimum atomic E-state index is -0.160. The molecule has 4 aromatic rings. The Labute approximate surface area is 172 Å². The van der Waals surface area contributed by atoms with Crippen LogP contribution in [0.5, 0.6) is 0 Å². The molecule has 1 amide bonds. The molecule has 0 bridgehead atoms. The van der Waals surface area contributed by atoms with Gasteiger partial charge in [0.05, 0.1) is 28.4 Å². The highest BCUT2D eigenvalue weighted by molar-refractivity contribution is 7.22. The van der Waals surface area contributed by atoms with Crippen LogP contribution in [0.1, 0.15) is 32.6 Å². The molecular weight excluding hydrogens is 380 g/mol. The van der Waals surface area contributed by atoms with E-state index in [0.717, 1.165) is 26.9 Å². The molecule has 0 unspecified atom stereocenters. The van der Waals surface area contributed by atoms with Gasteiger partial charge in [0, 0.05) is 18.0 Å². The Morgan fingerprint density at radius 2 is 1.97 bits per heavy atom. The van der Waals surface area contributed by atoms with Gasteiger partial charge < -0.3 is 0 Å². The molecule has 0 spiro atoms. The predicted octanol–water partition coefficient (Wildman–Crippen LogP) is 5.03. The summed E-state index contributed by atoms with van der Waals surface area (Å²) < 4.78 is 1.08. The topological polar surface area (TPSA) is 69.9 Å². The summed E-state index contributed by atoms with van der Waals surface area (Å²) >= 11 is 1.51. The summed E-state index contributed by atoms with van der Waals surface area (Å²) in [5.41, 5.74) is 5.14. The number of nitriles is 1. The number of nitrogens with zero attached hydrogens (tertiary/aromatic N) is 4. The summed E-state index contributed by atoms with van der Waals surface area (Å²) in [6.45, 7) is 4.47. The molecule has 0 atom stereocenters. The van der Waals surface area contributed by atoms with Crippen LogP contribution in [0.3, 0.4) is 0 Å². The molecule has 0 saturated carbocycles. The van der Waals surface area contributed by atoms with Crippen LogP contribution in [0, 0.1) is 25.2 Å². The number of carbonyl (C=O) groups is 1. The van der Waals surface area contributed by atoms with Gasteiger partial charge in [-0.1, -0.05) is 23.5 Å². The van der Waals surface area contributed by atoms with E-state index >= 15 is 0 Å². The first-order valence-corrected chi connectivity index (χ1v) is 9.95. The number of hydrogen-bond donors (Lipinski definition) is 0. The Morgan fingerprint density at radius 1 is 1.17 bits per heavy atom. The number of rotatable bonds is 4. The van der Waals surface area contributed by atoms with E-state index in [2.05, 4.69) is 24.0 Å². The number of anilines is 1. The number of thiazole rings is 1. The fraction of sp³-hybridized carbons (Fsp3) is 0.130. The summed E-state index contributed by atoms with van der Waals surface area (Å²) in [6.07, 6.45) is 3.46. The van der Waals surface area contributed by atoms with Crippen molar-refractivity contribution in [2.24, 2.45) is 0 Å². The van der Waals surface area contributed by atoms with Crippen LogP contribution in [0.2, 0.25) is 0 Å². The van der Waals surface area contributed by atoms with Gasteiger partial charge >= 0.3 is 0 Å². The summed E-state index contributed by atoms with van der Waals surface area (Å²) in [5.74, 6) is -0.160. The number of fused-ring (bicyclic) bond motifs is 1. The van der Waals surface area contributed by atoms with E-state index < -0.39 is 0 Å². The zero-order valence-electron chi connectivity index (χ0n) is 16.1. The van der Waals surface area contributed by atoms with Gasteiger partial charge in [-0.3, -0.25) is 14.7 Å². The van der Waals surface area contributed by atoms with Crippen LogP contribution in [-0.4, -0.2) is 15.9 Å². The molecule has 0 aliphatic heterocycles. The fourth-order valence-electron chi connectivity index (χ4n) is 3.22. The Morgan fingerprint density at radius 3 is 2.66 bits per heavy atom. The molecule has 5 nitrogen and oxygen atoms in total. The Bertz CT molecular complexity index is 1220. The summed E-state index contributed by atoms with van der Waals surface area (Å²) in [5, 5.41) is 9.66. The fourth-order valence-corrected chi connectivity index (χ4v) is 4.24. The Balaban J connectivity index is 1.78. The second-order valence-corrected chi connectivity index (χ2v) is 7.85. The van der Waals surface area contributed by atoms with Gasteiger partial charge in [0.15, 0.2) is 5.13 Å². The maximum atomic E-state index is 13.4. The van der Waals surface area contributed by atoms with Crippen LogP contribution in [0.4, 0.5) is 5.13 Å². The minimum absolute atomic E-state index is 0.160. The number of aryl methyl sites for hydroxylation is 2. The first kappa shape index (κ1) is 18.8. The maximum Gasteiger partial charge on any atom is 0.260 e. The predicted molar refractivity (Wildman–Crippen MR) is 115 cm³/mol. The number of hydrogen-bond acceptors (Lipinski definition) is 5. The van der Waals surface area contributed by atoms with Crippen molar-refractivity contribution >= 4 is 32.6 Å². The van der Waals surface area contributed by atoms with Crippen molar-refractivity contribution in [1.29, 1.82) is 5.26 Å². The van der Waals surface area contributed by atoms with Gasteiger partial charge in [-0.05, 0) is 66.9 Å². The van der Waals surface area contributed by atoms with Gasteiger partial charge in [0.2, 0.25) is 0 Å². The lowest BCUT2D eigenvalue weighted by Crippen LogP contribution is -2.30. The van der Waals surface area contributed by atoms with E-state index in [0.29, 0.717) is 22.8 Å². The second-order valence-electron chi connectivity index (χ2n) is 6.87. The zero-order valence-corrected chi connectivity index (χ0v) is 16.9. The number of amides is 1. The highest BCUT2D eigenvalue weighted by Gasteiger charge is 2.22. The van der Waals surface area contributed by atoms with Crippen molar-refractivity contribution in [2.75, 3.05) is 4.90 Å². The monoisotopic (exact) mass is 398 g/mol. The third-order valence-electron chi connectivity index (χ3n) is 4.61. The first-order valence-electron chi connectivity index (χ1n) is 9.14. The molecule has 0 fully saturated rings. The molecule has 4 rings (SSSR count). The summed E-state index contributed by atoms with van der Waals surface area (Å²) in [6, 6.07) is 16.7. The third-order valence-corrected chi connectivity index (χ3v) is 5.84. The molecule has 2 aromatic heterocycles. The van der Waals surface area contributed by atoms with E-state index in [4.69, 9.17) is 10.2 Å². The lowest BCUT2D eigenvalue weighted by atomic mass is 10.1. The van der Waals surface area contributed by atoms with Crippen LogP contribution >= 0.6 is 11.3 Å². The Hall–Kier alpha value is -3.56. The van der Waals surface area contributed by atoms with E-state index in [9.17, 15) is 4.79 Å². The third kappa shape index (κ3) is 3.86. The van der Waals surface area contributed by atoms with E-state index in [1.807, 2.05) is 25.1 Å². The van der Waals surface area contributed by atoms with Gasteiger partial charge in [0.1, 0.15) is 0 Å². The van der Waals surface area contributed by atoms with Gasteiger partial charge in [-0.25, -0.2) is 4.98 Å². The molecule has 0 saturated heterocycles. The number of carbonyl (C=O) groups excluding carboxylic acids is 1. The first-order chi connectivity index (χ1) is 14.0. The average Bonchev–Trinajstić information content (AvgIpc) is 3.16. The molecule has 0 radical (unpaired) electrons. The molecule has 6 heteroatoms. The van der Waals surface area contributed by atoms with Crippen LogP contribution in [-0.2, 0) is 6.54 Å². The minimum Gasteiger partial charge on any atom is -0.279 e. The maximum absolute atomic E-state index is 13.4. The Kier molecular flexibility index (Phi) is 5.07. The lowest BCUT2D eigenvalue weighted by molar-refractivity contribution is 0.0985. The molecular formula is C23H18N4OS. The SMILES string of the molecule is Cc1cc(C)c2sc(N(Cc3cccnc3)C(=O)c3ccc(C#N)cc3)nc2c1. The lowest BCUT2D eigenvalue weighted by Gasteiger charge is -2.20. The molecule has 2 heterocycles. The molecule has 142 valence electrons. The smallest absolute Gasteiger partial charge is 0.260 e. The number of pyridine rings is 1. The van der Waals surface area contributed by atoms with Crippen molar-refractivity contribution in [1.82, 2.24) is 9.97 Å². The molecule has 0 N–H and O–H groups in total. The molecule has 2 aromatic carbocycles. The normalized spacial score (nSPS) is 10.7.